The normalized spacial score (nSPS) is 10.6. The van der Waals surface area contributed by atoms with Gasteiger partial charge < -0.3 is 0 Å². The standard InChI is InChI=1S/2C20H26I.C16H18I.C16H14I.C15H14I.C14H14I.C14H12I.C12H9FI.C12H10I/c1-19(2,3)15-7-11-17(12-8-15)21-18-13-9-16(10-14-18)20(4,5)6;1-3-5-7-17-9-13-19(14-10-17)21-20-15-11-18(12-16-20)8-6-4-2;1-12(2)14-6-10-16(11-7-14)17-15-8-4-13(3)5-9-15;1-3-13-5-9-15(10-6-13)17-16-11-7-14(4-2)8-12-16;1-3-13-6-10-15(11-7-13)16-14-8-4-12(2)5-9-14;1-11-3-7-13(8-4-11)15-14-9-5-12(2)6-10-14;1-2-12-8-10-14(11-9-12)15-13-6-4-3-5-7-13;13-10-6-8-12(9-7-10)14-11-4-2-1-3-5-11;1-3-7-11(8-4-1)13-12-9-5-2-6-10-12/h7-14H,1-6H3;9-16H,3-8H2,1-2H3;4-12H,1-3H3;3-12H,1-2H2;3-11H,1H2,2H3;3-10H,1-2H3;2-11H,1H2;1-9H;1-10H/q9*+1. The maximum atomic E-state index is 12.6. The first-order valence-electron chi connectivity index (χ1n) is 50.6. The lowest BCUT2D eigenvalue weighted by Crippen LogP contribution is -3.61. The highest BCUT2D eigenvalue weighted by molar-refractivity contribution is 5.48. The fourth-order valence-corrected chi connectivity index (χ4v) is 33.3. The zero-order valence-electron chi connectivity index (χ0n) is 88.6. The maximum absolute atomic E-state index is 12.6. The number of hydrogen-bond acceptors (Lipinski definition) is 0. The number of unbranched alkanes of at least 4 members (excludes halogenated alkanes) is 2. The van der Waals surface area contributed by atoms with E-state index in [-0.39, 0.29) is 207 Å². The Morgan fingerprint density at radius 3 is 0.550 bits per heavy atom. The van der Waals surface area contributed by atoms with Gasteiger partial charge in [-0.15, -0.1) is 0 Å². The third-order valence-corrected chi connectivity index (χ3v) is 46.7. The minimum absolute atomic E-state index is 0.00313. The van der Waals surface area contributed by atoms with Crippen LogP contribution < -0.4 is 191 Å². The molecule has 0 spiro atoms. The number of halogens is 10. The fraction of sp³-hybridized carbons (Fsp3) is 0.165. The quantitative estimate of drug-likeness (QED) is 0.0413. The van der Waals surface area contributed by atoms with Crippen molar-refractivity contribution in [3.05, 3.63) is 630 Å². The number of rotatable bonds is 29. The van der Waals surface area contributed by atoms with Crippen LogP contribution in [0.2, 0.25) is 0 Å². The van der Waals surface area contributed by atoms with E-state index in [2.05, 4.69) is 542 Å². The Morgan fingerprint density at radius 2 is 0.376 bits per heavy atom. The Morgan fingerprint density at radius 1 is 0.215 bits per heavy atom. The molecular weight excluding hydrogens is 2830 g/mol. The summed E-state index contributed by atoms with van der Waals surface area (Å²) in [6.45, 7) is 46.2. The average molecular weight is 2970 g/mol. The molecule has 10 heteroatoms. The molecule has 0 aliphatic carbocycles. The predicted molar refractivity (Wildman–Crippen MR) is 600 cm³/mol. The van der Waals surface area contributed by atoms with E-state index in [1.807, 2.05) is 54.6 Å². The predicted octanol–water partition coefficient (Wildman–Crippen LogP) is 8.68. The van der Waals surface area contributed by atoms with Crippen LogP contribution in [0.4, 0.5) is 4.39 Å². The minimum atomic E-state index is -0.161. The van der Waals surface area contributed by atoms with Crippen molar-refractivity contribution in [1.29, 1.82) is 0 Å². The summed E-state index contributed by atoms with van der Waals surface area (Å²) in [5, 5.41) is 0. The Labute approximate surface area is 988 Å². The van der Waals surface area contributed by atoms with Crippen molar-refractivity contribution in [1.82, 2.24) is 0 Å². The van der Waals surface area contributed by atoms with E-state index < -0.39 is 0 Å². The lowest BCUT2D eigenvalue weighted by molar-refractivity contribution is -0.597. The molecule has 0 aliphatic heterocycles. The van der Waals surface area contributed by atoms with Gasteiger partial charge >= 0.3 is 191 Å². The summed E-state index contributed by atoms with van der Waals surface area (Å²) in [6, 6.07) is 166. The number of hydrogen-bond donors (Lipinski definition) is 0. The van der Waals surface area contributed by atoms with Crippen molar-refractivity contribution in [2.45, 2.75) is 152 Å². The van der Waals surface area contributed by atoms with E-state index in [0.717, 1.165) is 0 Å². The summed E-state index contributed by atoms with van der Waals surface area (Å²) in [6.07, 6.45) is 15.1. The first-order chi connectivity index (χ1) is 72.1. The zero-order chi connectivity index (χ0) is 106. The van der Waals surface area contributed by atoms with Gasteiger partial charge in [0.05, 0.1) is 0 Å². The molecule has 0 unspecified atom stereocenters. The molecule has 0 bridgehead atoms. The summed E-state index contributed by atoms with van der Waals surface area (Å²) in [7, 11) is 0. The number of benzene rings is 18. The van der Waals surface area contributed by atoms with Gasteiger partial charge in [0.2, 0.25) is 0 Å². The molecular formula is C139H143FI9+9. The summed E-state index contributed by atoms with van der Waals surface area (Å²) in [5.41, 5.74) is 17.8. The van der Waals surface area contributed by atoms with Gasteiger partial charge in [-0.1, -0.05) is 385 Å². The Bertz CT molecular complexity index is 6560. The second kappa shape index (κ2) is 68.5. The molecule has 0 saturated carbocycles. The van der Waals surface area contributed by atoms with Crippen LogP contribution in [0.1, 0.15) is 173 Å². The van der Waals surface area contributed by atoms with Gasteiger partial charge in [-0.05, 0) is 351 Å². The molecule has 0 N–H and O–H groups in total. The molecule has 18 rings (SSSR count). The van der Waals surface area contributed by atoms with E-state index in [9.17, 15) is 4.39 Å². The van der Waals surface area contributed by atoms with Crippen LogP contribution in [0.15, 0.2) is 487 Å². The Balaban J connectivity index is 0.000000172. The Hall–Kier alpha value is -8.58. The first-order valence-corrected chi connectivity index (χ1v) is 70.0. The molecule has 18 aromatic rings. The first kappa shape index (κ1) is 122. The molecule has 0 aromatic heterocycles. The van der Waals surface area contributed by atoms with Crippen LogP contribution in [0.3, 0.4) is 0 Å². The molecule has 0 heterocycles. The van der Waals surface area contributed by atoms with Crippen molar-refractivity contribution >= 4 is 24.3 Å². The van der Waals surface area contributed by atoms with E-state index in [1.165, 1.54) is 187 Å². The third-order valence-electron chi connectivity index (χ3n) is 22.6. The summed E-state index contributed by atoms with van der Waals surface area (Å²) in [4.78, 5) is 0. The molecule has 18 aromatic carbocycles. The molecule has 0 nitrogen and oxygen atoms in total. The molecule has 760 valence electrons. The SMILES string of the molecule is C=Cc1ccc([I+]c2ccc(C)cc2)cc1.C=Cc1ccc([I+]c2ccc(C=C)cc2)cc1.C=Cc1ccc([I+]c2ccccc2)cc1.CC(C)(C)c1ccc([I+]c2ccc(C(C)(C)C)cc2)cc1.CCCCc1ccc([I+]c2ccc(CCCC)cc2)cc1.Cc1ccc([I+]c2ccc(C(C)C)cc2)cc1.Cc1ccc([I+]c2ccc(C)cc2)cc1.Fc1ccc([I+]c2ccccc2)cc1.c1ccc([I+]c2ccccc2)cc1. The van der Waals surface area contributed by atoms with E-state index in [1.54, 1.807) is 0 Å². The lowest BCUT2D eigenvalue weighted by atomic mass is 9.87. The smallest absolute Gasteiger partial charge is 0.207 e. The fourth-order valence-electron chi connectivity index (χ4n) is 13.7. The maximum Gasteiger partial charge on any atom is 0.357 e. The average Bonchev–Trinajstić information content (AvgIpc) is 0.835. The van der Waals surface area contributed by atoms with Gasteiger partial charge in [-0.2, -0.15) is 0 Å². The highest BCUT2D eigenvalue weighted by Gasteiger charge is 2.25. The second-order valence-corrected chi connectivity index (χ2v) is 64.6. The van der Waals surface area contributed by atoms with Crippen LogP contribution in [-0.4, -0.2) is 0 Å². The van der Waals surface area contributed by atoms with E-state index in [0.29, 0.717) is 5.92 Å². The molecule has 0 atom stereocenters. The zero-order valence-corrected chi connectivity index (χ0v) is 108. The van der Waals surface area contributed by atoms with Gasteiger partial charge in [0.15, 0.2) is 64.3 Å². The molecule has 0 saturated heterocycles. The van der Waals surface area contributed by atoms with E-state index >= 15 is 0 Å². The molecule has 0 aliphatic rings. The van der Waals surface area contributed by atoms with Crippen LogP contribution in [0.5, 0.6) is 0 Å². The minimum Gasteiger partial charge on any atom is -0.207 e. The Kier molecular flexibility index (Phi) is 56.2. The van der Waals surface area contributed by atoms with E-state index in [4.69, 9.17) is 0 Å². The van der Waals surface area contributed by atoms with Gasteiger partial charge in [-0.3, -0.25) is 0 Å². The summed E-state index contributed by atoms with van der Waals surface area (Å²) >= 11 is -0.366. The topological polar surface area (TPSA) is 0 Å². The molecule has 0 radical (unpaired) electrons. The van der Waals surface area contributed by atoms with Gasteiger partial charge in [0.1, 0.15) is 5.82 Å². The summed E-state index contributed by atoms with van der Waals surface area (Å²) in [5.74, 6) is 0.465. The van der Waals surface area contributed by atoms with Crippen molar-refractivity contribution in [3.63, 3.8) is 0 Å². The third kappa shape index (κ3) is 49.2. The van der Waals surface area contributed by atoms with Crippen LogP contribution in [-0.2, 0) is 23.7 Å². The highest BCUT2D eigenvalue weighted by Crippen LogP contribution is 2.23. The van der Waals surface area contributed by atoms with Gasteiger partial charge in [0.25, 0.3) is 0 Å². The molecule has 0 amide bonds. The monoisotopic (exact) mass is 2970 g/mol. The lowest BCUT2D eigenvalue weighted by Gasteiger charge is -2.18. The van der Waals surface area contributed by atoms with Crippen molar-refractivity contribution in [3.8, 4) is 0 Å². The van der Waals surface area contributed by atoms with Crippen molar-refractivity contribution in [2.24, 2.45) is 0 Å². The second-order valence-electron chi connectivity index (χ2n) is 37.4. The molecule has 149 heavy (non-hydrogen) atoms. The molecule has 0 fully saturated rings. The van der Waals surface area contributed by atoms with Crippen LogP contribution in [0, 0.1) is 97.8 Å². The highest BCUT2D eigenvalue weighted by atomic mass is 127. The van der Waals surface area contributed by atoms with Gasteiger partial charge in [0, 0.05) is 0 Å². The number of aryl methyl sites for hydroxylation is 6. The van der Waals surface area contributed by atoms with Gasteiger partial charge in [-0.25, -0.2) is 4.39 Å². The van der Waals surface area contributed by atoms with Crippen molar-refractivity contribution < 1.29 is 195 Å². The van der Waals surface area contributed by atoms with Crippen LogP contribution in [0.25, 0.3) is 24.3 Å². The largest absolute Gasteiger partial charge is 0.357 e. The summed E-state index contributed by atoms with van der Waals surface area (Å²) < 4.78 is 38.9. The van der Waals surface area contributed by atoms with Crippen LogP contribution >= 0.6 is 0 Å². The van der Waals surface area contributed by atoms with Crippen molar-refractivity contribution in [2.75, 3.05) is 0 Å².